The first-order chi connectivity index (χ1) is 8.95. The Morgan fingerprint density at radius 1 is 1.37 bits per heavy atom. The second-order valence-corrected chi connectivity index (χ2v) is 5.50. The van der Waals surface area contributed by atoms with Gasteiger partial charge in [0.25, 0.3) is 0 Å². The Balaban J connectivity index is 2.78. The van der Waals surface area contributed by atoms with Crippen LogP contribution in [-0.2, 0) is 11.3 Å². The van der Waals surface area contributed by atoms with Crippen molar-refractivity contribution in [1.82, 2.24) is 9.80 Å². The van der Waals surface area contributed by atoms with E-state index in [9.17, 15) is 9.18 Å². The fourth-order valence-corrected chi connectivity index (χ4v) is 2.16. The molecule has 3 nitrogen and oxygen atoms in total. The van der Waals surface area contributed by atoms with Crippen molar-refractivity contribution in [2.75, 3.05) is 27.2 Å². The molecule has 0 spiro atoms. The van der Waals surface area contributed by atoms with E-state index in [1.165, 1.54) is 6.07 Å². The Hall–Kier alpha value is -0.940. The van der Waals surface area contributed by atoms with Crippen LogP contribution in [0.25, 0.3) is 0 Å². The summed E-state index contributed by atoms with van der Waals surface area (Å²) < 4.78 is 13.9. The molecule has 0 saturated carbocycles. The Morgan fingerprint density at radius 2 is 2.05 bits per heavy atom. The SMILES string of the molecule is CCCN(CC(=O)N(C)C)Cc1cccc(F)c1Br. The summed E-state index contributed by atoms with van der Waals surface area (Å²) in [6.45, 7) is 3.78. The number of likely N-dealkylation sites (N-methyl/N-ethyl adjacent to an activating group) is 1. The maximum atomic E-state index is 13.5. The molecular formula is C14H20BrFN2O. The van der Waals surface area contributed by atoms with Crippen molar-refractivity contribution in [3.05, 3.63) is 34.1 Å². The van der Waals surface area contributed by atoms with Gasteiger partial charge in [-0.05, 0) is 40.5 Å². The molecule has 1 aromatic carbocycles. The summed E-state index contributed by atoms with van der Waals surface area (Å²) in [5, 5.41) is 0. The summed E-state index contributed by atoms with van der Waals surface area (Å²) in [6.07, 6.45) is 0.952. The molecule has 0 fully saturated rings. The minimum atomic E-state index is -0.270. The number of hydrogen-bond donors (Lipinski definition) is 0. The number of hydrogen-bond acceptors (Lipinski definition) is 2. The van der Waals surface area contributed by atoms with E-state index in [2.05, 4.69) is 22.9 Å². The smallest absolute Gasteiger partial charge is 0.236 e. The molecule has 0 heterocycles. The lowest BCUT2D eigenvalue weighted by Gasteiger charge is -2.23. The van der Waals surface area contributed by atoms with Gasteiger partial charge in [0.1, 0.15) is 5.82 Å². The molecule has 0 saturated heterocycles. The first-order valence-corrected chi connectivity index (χ1v) is 7.10. The molecule has 0 aliphatic carbocycles. The maximum Gasteiger partial charge on any atom is 0.236 e. The van der Waals surface area contributed by atoms with E-state index in [4.69, 9.17) is 0 Å². The van der Waals surface area contributed by atoms with Gasteiger partial charge in [-0.1, -0.05) is 19.1 Å². The van der Waals surface area contributed by atoms with Gasteiger partial charge >= 0.3 is 0 Å². The van der Waals surface area contributed by atoms with Crippen LogP contribution in [0.15, 0.2) is 22.7 Å². The highest BCUT2D eigenvalue weighted by atomic mass is 79.9. The quantitative estimate of drug-likeness (QED) is 0.800. The standard InChI is InChI=1S/C14H20BrFN2O/c1-4-8-18(10-13(19)17(2)3)9-11-6-5-7-12(16)14(11)15/h5-7H,4,8-10H2,1-3H3. The molecule has 5 heteroatoms. The van der Waals surface area contributed by atoms with Crippen molar-refractivity contribution < 1.29 is 9.18 Å². The minimum Gasteiger partial charge on any atom is -0.348 e. The molecule has 0 unspecified atom stereocenters. The summed E-state index contributed by atoms with van der Waals surface area (Å²) in [5.74, 6) is -0.214. The van der Waals surface area contributed by atoms with Crippen LogP contribution in [0.1, 0.15) is 18.9 Å². The Kier molecular flexibility index (Phi) is 6.45. The van der Waals surface area contributed by atoms with Crippen LogP contribution in [0.4, 0.5) is 4.39 Å². The molecule has 0 N–H and O–H groups in total. The Labute approximate surface area is 122 Å². The summed E-state index contributed by atoms with van der Waals surface area (Å²) in [7, 11) is 3.48. The van der Waals surface area contributed by atoms with Crippen LogP contribution >= 0.6 is 15.9 Å². The molecule has 106 valence electrons. The van der Waals surface area contributed by atoms with E-state index in [0.717, 1.165) is 18.5 Å². The number of nitrogens with zero attached hydrogens (tertiary/aromatic N) is 2. The van der Waals surface area contributed by atoms with Crippen molar-refractivity contribution >= 4 is 21.8 Å². The normalized spacial score (nSPS) is 10.8. The fraction of sp³-hybridized carbons (Fsp3) is 0.500. The fourth-order valence-electron chi connectivity index (χ4n) is 1.77. The number of halogens is 2. The highest BCUT2D eigenvalue weighted by Gasteiger charge is 2.14. The van der Waals surface area contributed by atoms with Crippen LogP contribution in [0, 0.1) is 5.82 Å². The van der Waals surface area contributed by atoms with Crippen molar-refractivity contribution in [3.63, 3.8) is 0 Å². The van der Waals surface area contributed by atoms with Gasteiger partial charge in [-0.15, -0.1) is 0 Å². The van der Waals surface area contributed by atoms with Gasteiger partial charge in [-0.2, -0.15) is 0 Å². The predicted octanol–water partition coefficient (Wildman–Crippen LogP) is 2.89. The minimum absolute atomic E-state index is 0.0565. The molecule has 1 amide bonds. The van der Waals surface area contributed by atoms with Crippen LogP contribution in [0.5, 0.6) is 0 Å². The molecule has 0 aliphatic rings. The van der Waals surface area contributed by atoms with Gasteiger partial charge in [-0.3, -0.25) is 9.69 Å². The number of rotatable bonds is 6. The number of carbonyl (C=O) groups excluding carboxylic acids is 1. The lowest BCUT2D eigenvalue weighted by Crippen LogP contribution is -2.36. The second kappa shape index (κ2) is 7.60. The van der Waals surface area contributed by atoms with Crippen molar-refractivity contribution in [3.8, 4) is 0 Å². The Morgan fingerprint density at radius 3 is 2.63 bits per heavy atom. The zero-order valence-corrected chi connectivity index (χ0v) is 13.2. The highest BCUT2D eigenvalue weighted by molar-refractivity contribution is 9.10. The molecule has 1 aromatic rings. The monoisotopic (exact) mass is 330 g/mol. The Bertz CT molecular complexity index is 437. The van der Waals surface area contributed by atoms with Crippen LogP contribution in [-0.4, -0.2) is 42.9 Å². The maximum absolute atomic E-state index is 13.5. The largest absolute Gasteiger partial charge is 0.348 e. The first-order valence-electron chi connectivity index (χ1n) is 6.31. The molecule has 0 aromatic heterocycles. The number of amides is 1. The topological polar surface area (TPSA) is 23.6 Å². The van der Waals surface area contributed by atoms with Crippen LogP contribution in [0.2, 0.25) is 0 Å². The first kappa shape index (κ1) is 16.1. The second-order valence-electron chi connectivity index (χ2n) is 4.71. The summed E-state index contributed by atoms with van der Waals surface area (Å²) in [5.41, 5.74) is 0.861. The van der Waals surface area contributed by atoms with Gasteiger partial charge in [-0.25, -0.2) is 4.39 Å². The van der Waals surface area contributed by atoms with E-state index >= 15 is 0 Å². The molecule has 0 aliphatic heterocycles. The lowest BCUT2D eigenvalue weighted by molar-refractivity contribution is -0.130. The van der Waals surface area contributed by atoms with E-state index < -0.39 is 0 Å². The summed E-state index contributed by atoms with van der Waals surface area (Å²) in [4.78, 5) is 15.4. The predicted molar refractivity (Wildman–Crippen MR) is 78.4 cm³/mol. The summed E-state index contributed by atoms with van der Waals surface area (Å²) in [6, 6.07) is 4.98. The average molecular weight is 331 g/mol. The van der Waals surface area contributed by atoms with E-state index in [1.54, 1.807) is 25.1 Å². The number of benzene rings is 1. The zero-order valence-electron chi connectivity index (χ0n) is 11.6. The van der Waals surface area contributed by atoms with Gasteiger partial charge < -0.3 is 4.90 Å². The van der Waals surface area contributed by atoms with Gasteiger partial charge in [0.2, 0.25) is 5.91 Å². The number of carbonyl (C=O) groups is 1. The van der Waals surface area contributed by atoms with E-state index in [0.29, 0.717) is 17.6 Å². The van der Waals surface area contributed by atoms with Crippen LogP contribution < -0.4 is 0 Å². The van der Waals surface area contributed by atoms with Crippen molar-refractivity contribution in [2.45, 2.75) is 19.9 Å². The average Bonchev–Trinajstić information content (AvgIpc) is 2.35. The third-order valence-corrected chi connectivity index (χ3v) is 3.71. The molecule has 19 heavy (non-hydrogen) atoms. The van der Waals surface area contributed by atoms with Gasteiger partial charge in [0.05, 0.1) is 11.0 Å². The van der Waals surface area contributed by atoms with Crippen molar-refractivity contribution in [1.29, 1.82) is 0 Å². The van der Waals surface area contributed by atoms with E-state index in [-0.39, 0.29) is 11.7 Å². The molecule has 0 bridgehead atoms. The molecule has 1 rings (SSSR count). The van der Waals surface area contributed by atoms with Crippen molar-refractivity contribution in [2.24, 2.45) is 0 Å². The molecule has 0 radical (unpaired) electrons. The highest BCUT2D eigenvalue weighted by Crippen LogP contribution is 2.21. The third-order valence-electron chi connectivity index (χ3n) is 2.82. The summed E-state index contributed by atoms with van der Waals surface area (Å²) >= 11 is 3.26. The van der Waals surface area contributed by atoms with Gasteiger partial charge in [0.15, 0.2) is 0 Å². The lowest BCUT2D eigenvalue weighted by atomic mass is 10.2. The molecule has 0 atom stereocenters. The van der Waals surface area contributed by atoms with Crippen LogP contribution in [0.3, 0.4) is 0 Å². The van der Waals surface area contributed by atoms with E-state index in [1.807, 2.05) is 11.0 Å². The third kappa shape index (κ3) is 4.91. The van der Waals surface area contributed by atoms with Gasteiger partial charge in [0, 0.05) is 20.6 Å². The zero-order chi connectivity index (χ0) is 14.4. The molecular weight excluding hydrogens is 311 g/mol.